The third-order valence-electron chi connectivity index (χ3n) is 3.61. The van der Waals surface area contributed by atoms with Gasteiger partial charge in [-0.15, -0.1) is 0 Å². The van der Waals surface area contributed by atoms with Crippen LogP contribution >= 0.6 is 11.6 Å². The van der Waals surface area contributed by atoms with Crippen LogP contribution in [0, 0.1) is 6.92 Å². The molecule has 0 saturated heterocycles. The average Bonchev–Trinajstić information content (AvgIpc) is 2.79. The number of aryl methyl sites for hydroxylation is 2. The molecule has 15 heavy (non-hydrogen) atoms. The van der Waals surface area contributed by atoms with Gasteiger partial charge in [0.05, 0.1) is 5.69 Å². The Hall–Kier alpha value is -0.540. The van der Waals surface area contributed by atoms with Gasteiger partial charge >= 0.3 is 0 Å². The van der Waals surface area contributed by atoms with Gasteiger partial charge in [-0.25, -0.2) is 0 Å². The highest BCUT2D eigenvalue weighted by molar-refractivity contribution is 6.30. The van der Waals surface area contributed by atoms with Crippen LogP contribution < -0.4 is 5.73 Å². The van der Waals surface area contributed by atoms with Crippen molar-refractivity contribution in [1.82, 2.24) is 9.78 Å². The Morgan fingerprint density at radius 1 is 1.47 bits per heavy atom. The van der Waals surface area contributed by atoms with E-state index in [1.165, 1.54) is 0 Å². The first-order valence-electron chi connectivity index (χ1n) is 5.28. The van der Waals surface area contributed by atoms with Crippen molar-refractivity contribution in [3.63, 3.8) is 0 Å². The fourth-order valence-corrected chi connectivity index (χ4v) is 2.87. The maximum absolute atomic E-state index is 6.29. The summed E-state index contributed by atoms with van der Waals surface area (Å²) in [6.45, 7) is 6.15. The Labute approximate surface area is 95.6 Å². The van der Waals surface area contributed by atoms with Crippen molar-refractivity contribution in [3.8, 4) is 0 Å². The van der Waals surface area contributed by atoms with Crippen LogP contribution in [0.15, 0.2) is 0 Å². The molecule has 0 spiro atoms. The van der Waals surface area contributed by atoms with E-state index in [-0.39, 0.29) is 11.0 Å². The second kappa shape index (κ2) is 2.98. The molecular weight excluding hydrogens is 210 g/mol. The fraction of sp³-hybridized carbons (Fsp3) is 0.727. The maximum Gasteiger partial charge on any atom is 0.130 e. The van der Waals surface area contributed by atoms with Gasteiger partial charge in [-0.3, -0.25) is 4.68 Å². The Bertz CT molecular complexity index is 397. The molecule has 0 atom stereocenters. The molecule has 1 aromatic heterocycles. The van der Waals surface area contributed by atoms with Crippen molar-refractivity contribution in [3.05, 3.63) is 16.4 Å². The van der Waals surface area contributed by atoms with Crippen molar-refractivity contribution in [2.75, 3.05) is 0 Å². The molecule has 84 valence electrons. The highest BCUT2D eigenvalue weighted by Crippen LogP contribution is 2.57. The highest BCUT2D eigenvalue weighted by atomic mass is 35.5. The van der Waals surface area contributed by atoms with Crippen molar-refractivity contribution in [1.29, 1.82) is 0 Å². The van der Waals surface area contributed by atoms with Crippen molar-refractivity contribution >= 4 is 11.6 Å². The van der Waals surface area contributed by atoms with E-state index in [9.17, 15) is 0 Å². The number of nitrogens with zero attached hydrogens (tertiary/aromatic N) is 2. The van der Waals surface area contributed by atoms with E-state index in [4.69, 9.17) is 17.3 Å². The maximum atomic E-state index is 6.29. The largest absolute Gasteiger partial charge is 0.325 e. The summed E-state index contributed by atoms with van der Waals surface area (Å²) in [5.74, 6) is 0. The molecule has 1 saturated carbocycles. The van der Waals surface area contributed by atoms with Gasteiger partial charge in [-0.1, -0.05) is 11.6 Å². The monoisotopic (exact) mass is 227 g/mol. The van der Waals surface area contributed by atoms with Crippen LogP contribution in [0.3, 0.4) is 0 Å². The lowest BCUT2D eigenvalue weighted by Crippen LogP contribution is -2.45. The van der Waals surface area contributed by atoms with E-state index in [1.54, 1.807) is 4.68 Å². The predicted molar refractivity (Wildman–Crippen MR) is 62.1 cm³/mol. The van der Waals surface area contributed by atoms with Crippen molar-refractivity contribution in [2.45, 2.75) is 44.6 Å². The average molecular weight is 228 g/mol. The number of aromatic nitrogens is 2. The summed E-state index contributed by atoms with van der Waals surface area (Å²) < 4.78 is 1.73. The number of rotatable bonds is 2. The van der Waals surface area contributed by atoms with Crippen LogP contribution in [0.25, 0.3) is 0 Å². The Balaban J connectivity index is 2.55. The topological polar surface area (TPSA) is 43.8 Å². The molecule has 0 aliphatic heterocycles. The van der Waals surface area contributed by atoms with Gasteiger partial charge < -0.3 is 5.73 Å². The highest BCUT2D eigenvalue weighted by Gasteiger charge is 2.56. The molecule has 4 heteroatoms. The molecule has 2 N–H and O–H groups in total. The standard InChI is InChI=1S/C11H18ClN3/c1-7-8(9(12)15(4)14-7)11(5-6-11)10(2,3)13/h5-6,13H2,1-4H3. The van der Waals surface area contributed by atoms with Gasteiger partial charge in [0, 0.05) is 23.6 Å². The second-order valence-corrected chi connectivity index (χ2v) is 5.54. The number of nitrogens with two attached hydrogens (primary N) is 1. The minimum absolute atomic E-state index is 0.0441. The van der Waals surface area contributed by atoms with Crippen molar-refractivity contribution < 1.29 is 0 Å². The molecule has 1 aliphatic carbocycles. The quantitative estimate of drug-likeness (QED) is 0.842. The second-order valence-electron chi connectivity index (χ2n) is 5.18. The first-order chi connectivity index (χ1) is 6.79. The van der Waals surface area contributed by atoms with E-state index in [0.29, 0.717) is 0 Å². The molecule has 1 fully saturated rings. The lowest BCUT2D eigenvalue weighted by Gasteiger charge is -2.31. The molecule has 2 rings (SSSR count). The lowest BCUT2D eigenvalue weighted by molar-refractivity contribution is 0.390. The summed E-state index contributed by atoms with van der Waals surface area (Å²) in [6, 6.07) is 0. The summed E-state index contributed by atoms with van der Waals surface area (Å²) in [7, 11) is 1.87. The minimum Gasteiger partial charge on any atom is -0.325 e. The molecule has 0 radical (unpaired) electrons. The van der Waals surface area contributed by atoms with Gasteiger partial charge in [0.25, 0.3) is 0 Å². The summed E-state index contributed by atoms with van der Waals surface area (Å²) in [5, 5.41) is 5.10. The molecule has 0 aromatic carbocycles. The van der Waals surface area contributed by atoms with Gasteiger partial charge in [0.15, 0.2) is 0 Å². The van der Waals surface area contributed by atoms with E-state index < -0.39 is 0 Å². The molecule has 0 bridgehead atoms. The molecule has 3 nitrogen and oxygen atoms in total. The smallest absolute Gasteiger partial charge is 0.130 e. The normalized spacial score (nSPS) is 19.3. The molecule has 1 heterocycles. The number of halogens is 1. The van der Waals surface area contributed by atoms with E-state index in [0.717, 1.165) is 29.3 Å². The van der Waals surface area contributed by atoms with Crippen LogP contribution in [-0.2, 0) is 12.5 Å². The van der Waals surface area contributed by atoms with Crippen LogP contribution in [0.4, 0.5) is 0 Å². The Kier molecular flexibility index (Phi) is 2.18. The summed E-state index contributed by atoms with van der Waals surface area (Å²) >= 11 is 6.29. The zero-order valence-corrected chi connectivity index (χ0v) is 10.5. The summed E-state index contributed by atoms with van der Waals surface area (Å²) in [4.78, 5) is 0. The summed E-state index contributed by atoms with van der Waals surface area (Å²) in [5.41, 5.74) is 8.24. The third-order valence-corrected chi connectivity index (χ3v) is 4.05. The van der Waals surface area contributed by atoms with Gasteiger partial charge in [0.1, 0.15) is 5.15 Å². The number of hydrogen-bond donors (Lipinski definition) is 1. The van der Waals surface area contributed by atoms with E-state index >= 15 is 0 Å². The Morgan fingerprint density at radius 3 is 2.27 bits per heavy atom. The first-order valence-corrected chi connectivity index (χ1v) is 5.66. The minimum atomic E-state index is -0.232. The van der Waals surface area contributed by atoms with Crippen LogP contribution in [0.2, 0.25) is 5.15 Å². The molecule has 1 aromatic rings. The van der Waals surface area contributed by atoms with Crippen molar-refractivity contribution in [2.24, 2.45) is 12.8 Å². The molecule has 0 unspecified atom stereocenters. The first kappa shape index (κ1) is 11.0. The Morgan fingerprint density at radius 2 is 2.00 bits per heavy atom. The zero-order valence-electron chi connectivity index (χ0n) is 9.76. The van der Waals surface area contributed by atoms with Gasteiger partial charge in [-0.05, 0) is 33.6 Å². The van der Waals surface area contributed by atoms with Gasteiger partial charge in [-0.2, -0.15) is 5.10 Å². The molecular formula is C11H18ClN3. The van der Waals surface area contributed by atoms with E-state index in [2.05, 4.69) is 18.9 Å². The fourth-order valence-electron chi connectivity index (χ4n) is 2.52. The number of hydrogen-bond acceptors (Lipinski definition) is 2. The van der Waals surface area contributed by atoms with Crippen LogP contribution in [0.5, 0.6) is 0 Å². The van der Waals surface area contributed by atoms with E-state index in [1.807, 2.05) is 14.0 Å². The van der Waals surface area contributed by atoms with Gasteiger partial charge in [0.2, 0.25) is 0 Å². The summed E-state index contributed by atoms with van der Waals surface area (Å²) in [6.07, 6.45) is 2.23. The molecule has 1 aliphatic rings. The SMILES string of the molecule is Cc1nn(C)c(Cl)c1C1(C(C)(C)N)CC1. The van der Waals surface area contributed by atoms with Crippen LogP contribution in [0.1, 0.15) is 37.9 Å². The third kappa shape index (κ3) is 1.41. The lowest BCUT2D eigenvalue weighted by atomic mass is 9.79. The van der Waals surface area contributed by atoms with Crippen LogP contribution in [-0.4, -0.2) is 15.3 Å². The molecule has 0 amide bonds. The zero-order chi connectivity index (χ0) is 11.4. The predicted octanol–water partition coefficient (Wildman–Crippen LogP) is 2.15.